The van der Waals surface area contributed by atoms with Crippen molar-refractivity contribution in [3.8, 4) is 33.4 Å². The molecule has 6 aromatic rings. The largest absolute Gasteiger partial charge is 0.354 e. The molecule has 2 aliphatic rings. The number of aromatic amines is 2. The van der Waals surface area contributed by atoms with Gasteiger partial charge in [-0.25, -0.2) is 9.97 Å². The van der Waals surface area contributed by atoms with E-state index < -0.39 is 10.8 Å². The summed E-state index contributed by atoms with van der Waals surface area (Å²) in [7, 11) is -1.35. The van der Waals surface area contributed by atoms with Gasteiger partial charge in [0.05, 0.1) is 44.0 Å². The number of nitrogens with zero attached hydrogens (tertiary/aromatic N) is 2. The van der Waals surface area contributed by atoms with Crippen LogP contribution in [0.5, 0.6) is 0 Å². The molecule has 0 spiro atoms. The number of nitrogens with one attached hydrogen (secondary N) is 2. The Kier molecular flexibility index (Phi) is 15.6. The van der Waals surface area contributed by atoms with Crippen LogP contribution in [0.4, 0.5) is 0 Å². The average Bonchev–Trinajstić information content (AvgIpc) is 4.17. The van der Waals surface area contributed by atoms with Crippen molar-refractivity contribution in [1.82, 2.24) is 19.9 Å². The van der Waals surface area contributed by atoms with Crippen LogP contribution in [0.15, 0.2) is 83.8 Å². The fourth-order valence-electron chi connectivity index (χ4n) is 10.4. The molecule has 0 saturated heterocycles. The van der Waals surface area contributed by atoms with E-state index in [1.54, 1.807) is 0 Å². The van der Waals surface area contributed by atoms with Gasteiger partial charge in [0.1, 0.15) is 0 Å². The molecular weight excluding hydrogens is 945 g/mol. The quantitative estimate of drug-likeness (QED) is 0.127. The second-order valence-corrected chi connectivity index (χ2v) is 29.7. The van der Waals surface area contributed by atoms with E-state index in [1.807, 2.05) is 0 Å². The zero-order chi connectivity index (χ0) is 55.5. The van der Waals surface area contributed by atoms with Crippen molar-refractivity contribution < 1.29 is 4.21 Å². The van der Waals surface area contributed by atoms with Gasteiger partial charge in [-0.1, -0.05) is 218 Å². The number of rotatable bonds is 11. The van der Waals surface area contributed by atoms with Gasteiger partial charge in [0.2, 0.25) is 0 Å². The van der Waals surface area contributed by atoms with E-state index in [9.17, 15) is 0 Å². The molecule has 2 aliphatic heterocycles. The van der Waals surface area contributed by atoms with Crippen LogP contribution in [0.1, 0.15) is 226 Å². The summed E-state index contributed by atoms with van der Waals surface area (Å²) < 4.78 is 15.2. The first-order valence-electron chi connectivity index (χ1n) is 28.3. The maximum absolute atomic E-state index is 15.2. The SMILES string of the molecule is CCCCCCCCS(=O)c1c2nc(c(-c3cc(C(C)(C)C)cc(C(C)(C)C)c3)c3ccc([nH]3)c(-c3cc(C(C)(C)C)cc(C(C)(C)C)c3)c3nc(c(-c4cc(C(C)(C)C)cc(C(C)(C)C)c4)c4ccc1[nH]4)C=C3)C=C2. The molecule has 6 heteroatoms. The molecule has 8 rings (SSSR count). The highest BCUT2D eigenvalue weighted by molar-refractivity contribution is 7.85. The molecule has 0 amide bonds. The topological polar surface area (TPSA) is 74.4 Å². The zero-order valence-corrected chi connectivity index (χ0v) is 50.8. The zero-order valence-electron chi connectivity index (χ0n) is 50.0. The molecule has 5 heterocycles. The lowest BCUT2D eigenvalue weighted by atomic mass is 9.78. The van der Waals surface area contributed by atoms with Gasteiger partial charge >= 0.3 is 0 Å². The van der Waals surface area contributed by atoms with Crippen LogP contribution < -0.4 is 0 Å². The highest BCUT2D eigenvalue weighted by Gasteiger charge is 2.28. The minimum Gasteiger partial charge on any atom is -0.354 e. The van der Waals surface area contributed by atoms with Crippen molar-refractivity contribution in [2.45, 2.75) is 207 Å². The molecular formula is C70H90N4OS. The van der Waals surface area contributed by atoms with E-state index in [0.717, 1.165) is 102 Å². The molecule has 402 valence electrons. The number of fused-ring (bicyclic) bond motifs is 8. The number of unbranched alkanes of at least 4 members (excludes halogenated alkanes) is 5. The van der Waals surface area contributed by atoms with Crippen molar-refractivity contribution in [2.75, 3.05) is 5.75 Å². The second-order valence-electron chi connectivity index (χ2n) is 28.2. The van der Waals surface area contributed by atoms with E-state index in [2.05, 4.69) is 245 Å². The summed E-state index contributed by atoms with van der Waals surface area (Å²) in [6.45, 7) is 43.7. The Bertz CT molecular complexity index is 3250. The van der Waals surface area contributed by atoms with Gasteiger partial charge in [-0.2, -0.15) is 0 Å². The van der Waals surface area contributed by atoms with Crippen molar-refractivity contribution in [3.63, 3.8) is 0 Å². The number of H-pyrrole nitrogens is 2. The minimum absolute atomic E-state index is 0.103. The van der Waals surface area contributed by atoms with Gasteiger partial charge in [-0.3, -0.25) is 4.21 Å². The van der Waals surface area contributed by atoms with Crippen LogP contribution in [-0.4, -0.2) is 29.9 Å². The third-order valence-electron chi connectivity index (χ3n) is 15.5. The predicted octanol–water partition coefficient (Wildman–Crippen LogP) is 19.9. The molecule has 3 aromatic carbocycles. The maximum Gasteiger partial charge on any atom is 0.0879 e. The third kappa shape index (κ3) is 12.4. The van der Waals surface area contributed by atoms with E-state index in [-0.39, 0.29) is 32.5 Å². The summed E-state index contributed by atoms with van der Waals surface area (Å²) in [6.07, 6.45) is 15.4. The molecule has 76 heavy (non-hydrogen) atoms. The molecule has 5 nitrogen and oxygen atoms in total. The molecule has 8 bridgehead atoms. The minimum atomic E-state index is -1.35. The lowest BCUT2D eigenvalue weighted by Gasteiger charge is -2.26. The van der Waals surface area contributed by atoms with Gasteiger partial charge < -0.3 is 9.97 Å². The van der Waals surface area contributed by atoms with Crippen LogP contribution in [0.3, 0.4) is 0 Å². The van der Waals surface area contributed by atoms with E-state index in [4.69, 9.17) is 9.97 Å². The number of hydrogen-bond donors (Lipinski definition) is 2. The summed E-state index contributed by atoms with van der Waals surface area (Å²) in [4.78, 5) is 20.1. The lowest BCUT2D eigenvalue weighted by Crippen LogP contribution is -2.16. The normalized spacial score (nSPS) is 14.0. The first-order chi connectivity index (χ1) is 35.3. The molecule has 0 fully saturated rings. The van der Waals surface area contributed by atoms with E-state index >= 15 is 4.21 Å². The van der Waals surface area contributed by atoms with Crippen LogP contribution in [-0.2, 0) is 43.3 Å². The van der Waals surface area contributed by atoms with Crippen LogP contribution in [0.25, 0.3) is 79.8 Å². The van der Waals surface area contributed by atoms with Crippen molar-refractivity contribution in [1.29, 1.82) is 0 Å². The van der Waals surface area contributed by atoms with E-state index in [0.29, 0.717) is 5.75 Å². The summed E-state index contributed by atoms with van der Waals surface area (Å²) >= 11 is 0. The van der Waals surface area contributed by atoms with Gasteiger partial charge in [-0.15, -0.1) is 0 Å². The molecule has 0 aliphatic carbocycles. The van der Waals surface area contributed by atoms with Crippen LogP contribution in [0.2, 0.25) is 0 Å². The Balaban J connectivity index is 1.58. The number of aromatic nitrogens is 4. The lowest BCUT2D eigenvalue weighted by molar-refractivity contribution is 0.568. The summed E-state index contributed by atoms with van der Waals surface area (Å²) in [5, 5.41) is 0. The molecule has 1 atom stereocenters. The molecule has 0 radical (unpaired) electrons. The van der Waals surface area contributed by atoms with Crippen LogP contribution >= 0.6 is 0 Å². The van der Waals surface area contributed by atoms with Gasteiger partial charge in [0, 0.05) is 39.0 Å². The Morgan fingerprint density at radius 1 is 0.368 bits per heavy atom. The Hall–Kier alpha value is -5.59. The van der Waals surface area contributed by atoms with Crippen molar-refractivity contribution in [2.24, 2.45) is 0 Å². The third-order valence-corrected chi connectivity index (χ3v) is 17.0. The molecule has 1 unspecified atom stereocenters. The summed E-state index contributed by atoms with van der Waals surface area (Å²) in [5.41, 5.74) is 20.4. The first-order valence-corrected chi connectivity index (χ1v) is 29.7. The van der Waals surface area contributed by atoms with Gasteiger partial charge in [-0.05, 0) is 138 Å². The van der Waals surface area contributed by atoms with Gasteiger partial charge in [0.25, 0.3) is 0 Å². The summed E-state index contributed by atoms with van der Waals surface area (Å²) in [5.74, 6) is 0.565. The van der Waals surface area contributed by atoms with Crippen molar-refractivity contribution >= 4 is 57.2 Å². The molecule has 0 saturated carbocycles. The average molecular weight is 1040 g/mol. The fraction of sp³-hybridized carbons (Fsp3) is 0.457. The van der Waals surface area contributed by atoms with Gasteiger partial charge in [0.15, 0.2) is 0 Å². The Labute approximate surface area is 460 Å². The summed E-state index contributed by atoms with van der Waals surface area (Å²) in [6, 6.07) is 30.2. The predicted molar refractivity (Wildman–Crippen MR) is 332 cm³/mol. The highest BCUT2D eigenvalue weighted by atomic mass is 32.2. The number of hydrogen-bond acceptors (Lipinski definition) is 3. The Morgan fingerprint density at radius 2 is 0.645 bits per heavy atom. The van der Waals surface area contributed by atoms with E-state index in [1.165, 1.54) is 52.6 Å². The second kappa shape index (κ2) is 21.0. The fourth-order valence-corrected chi connectivity index (χ4v) is 11.7. The maximum atomic E-state index is 15.2. The highest BCUT2D eigenvalue weighted by Crippen LogP contribution is 2.43. The standard InChI is InChI=1S/C70H90N4OS/c1-20-21-22-23-24-25-34-76(75)64-59-32-30-57(73-59)62(45-37-49(67(8,9)10)42-50(38-45)68(11,12)13)55-28-26-53(71-55)61(44-35-47(65(2,3)4)41-48(36-44)66(5,6)7)54-27-29-56(72-54)63(58-31-33-60(64)74-58)46-39-51(69(14,15)16)43-52(40-46)70(17,18)19/h26-33,35-43,71,74H,20-25,34H2,1-19H3. The molecule has 3 aromatic heterocycles. The first kappa shape index (κ1) is 56.6. The molecule has 2 N–H and O–H groups in total. The van der Waals surface area contributed by atoms with Crippen LogP contribution in [0, 0.1) is 0 Å². The monoisotopic (exact) mass is 1030 g/mol. The van der Waals surface area contributed by atoms with Crippen molar-refractivity contribution in [3.05, 3.63) is 135 Å². The number of benzene rings is 3. The Morgan fingerprint density at radius 3 is 0.974 bits per heavy atom. The smallest absolute Gasteiger partial charge is 0.0879 e.